The lowest BCUT2D eigenvalue weighted by Gasteiger charge is -2.22. The van der Waals surface area contributed by atoms with E-state index in [9.17, 15) is 4.79 Å². The number of carbonyl (C=O) groups is 1. The molecule has 1 aliphatic heterocycles. The number of benzene rings is 1. The molecule has 0 saturated carbocycles. The molecule has 0 radical (unpaired) electrons. The zero-order valence-corrected chi connectivity index (χ0v) is 9.91. The zero-order chi connectivity index (χ0) is 12.0. The van der Waals surface area contributed by atoms with Crippen LogP contribution in [0, 0.1) is 0 Å². The predicted molar refractivity (Wildman–Crippen MR) is 65.5 cm³/mol. The second-order valence-electron chi connectivity index (χ2n) is 4.34. The number of aromatic amines is 1. The summed E-state index contributed by atoms with van der Waals surface area (Å²) in [5, 5.41) is 1.10. The topological polar surface area (TPSA) is 45.3 Å². The molecule has 1 aliphatic rings. The average molecular weight is 230 g/mol. The quantitative estimate of drug-likeness (QED) is 0.812. The van der Waals surface area contributed by atoms with Crippen molar-refractivity contribution in [2.45, 2.75) is 6.42 Å². The van der Waals surface area contributed by atoms with E-state index >= 15 is 0 Å². The van der Waals surface area contributed by atoms with E-state index in [1.54, 1.807) is 12.0 Å². The van der Waals surface area contributed by atoms with Gasteiger partial charge in [0.05, 0.1) is 12.6 Å². The van der Waals surface area contributed by atoms with Crippen molar-refractivity contribution in [3.05, 3.63) is 29.5 Å². The van der Waals surface area contributed by atoms with Crippen molar-refractivity contribution in [2.75, 3.05) is 20.7 Å². The van der Waals surface area contributed by atoms with E-state index in [0.29, 0.717) is 5.69 Å². The van der Waals surface area contributed by atoms with Crippen LogP contribution in [0.25, 0.3) is 10.9 Å². The van der Waals surface area contributed by atoms with Crippen LogP contribution >= 0.6 is 0 Å². The molecule has 1 N–H and O–H groups in total. The number of rotatable bonds is 1. The number of likely N-dealkylation sites (N-methyl/N-ethyl adjacent to an activating group) is 1. The summed E-state index contributed by atoms with van der Waals surface area (Å²) in [7, 11) is 3.47. The summed E-state index contributed by atoms with van der Waals surface area (Å²) < 4.78 is 5.31. The minimum absolute atomic E-state index is 0.0597. The Kier molecular flexibility index (Phi) is 2.11. The molecule has 1 aromatic carbocycles. The number of fused-ring (bicyclic) bond motifs is 3. The first kappa shape index (κ1) is 10.2. The van der Waals surface area contributed by atoms with Gasteiger partial charge >= 0.3 is 0 Å². The molecule has 0 aliphatic carbocycles. The Hall–Kier alpha value is -1.97. The summed E-state index contributed by atoms with van der Waals surface area (Å²) in [6, 6.07) is 5.89. The molecule has 17 heavy (non-hydrogen) atoms. The molecule has 0 spiro atoms. The van der Waals surface area contributed by atoms with Crippen LogP contribution in [-0.2, 0) is 6.42 Å². The molecule has 2 aromatic rings. The van der Waals surface area contributed by atoms with Crippen LogP contribution in [0.15, 0.2) is 18.2 Å². The van der Waals surface area contributed by atoms with Gasteiger partial charge in [-0.1, -0.05) is 12.1 Å². The number of aromatic nitrogens is 1. The number of methoxy groups -OCH3 is 1. The van der Waals surface area contributed by atoms with Gasteiger partial charge in [0.25, 0.3) is 5.91 Å². The van der Waals surface area contributed by atoms with Crippen LogP contribution in [0.2, 0.25) is 0 Å². The number of carbonyl (C=O) groups excluding carboxylic acids is 1. The SMILES string of the molecule is COc1cccc2c3c([nH]c12)C(=O)N(C)CC3. The lowest BCUT2D eigenvalue weighted by molar-refractivity contribution is 0.0776. The number of para-hydroxylation sites is 1. The number of amides is 1. The molecule has 0 saturated heterocycles. The Labute approximate surface area is 99.2 Å². The zero-order valence-electron chi connectivity index (χ0n) is 9.91. The maximum atomic E-state index is 12.0. The number of ether oxygens (including phenoxy) is 1. The van der Waals surface area contributed by atoms with E-state index in [1.807, 2.05) is 25.2 Å². The summed E-state index contributed by atoms with van der Waals surface area (Å²) >= 11 is 0. The summed E-state index contributed by atoms with van der Waals surface area (Å²) in [6.45, 7) is 0.774. The minimum atomic E-state index is 0.0597. The predicted octanol–water partition coefficient (Wildman–Crippen LogP) is 1.80. The van der Waals surface area contributed by atoms with E-state index in [4.69, 9.17) is 4.74 Å². The lowest BCUT2D eigenvalue weighted by atomic mass is 10.0. The van der Waals surface area contributed by atoms with Crippen molar-refractivity contribution < 1.29 is 9.53 Å². The fourth-order valence-corrected chi connectivity index (χ4v) is 2.43. The van der Waals surface area contributed by atoms with Gasteiger partial charge in [-0.25, -0.2) is 0 Å². The molecule has 0 fully saturated rings. The van der Waals surface area contributed by atoms with Crippen molar-refractivity contribution >= 4 is 16.8 Å². The number of nitrogens with zero attached hydrogens (tertiary/aromatic N) is 1. The molecular weight excluding hydrogens is 216 g/mol. The normalized spacial score (nSPS) is 15.2. The highest BCUT2D eigenvalue weighted by molar-refractivity contribution is 6.03. The number of H-pyrrole nitrogens is 1. The Morgan fingerprint density at radius 2 is 2.24 bits per heavy atom. The fraction of sp³-hybridized carbons (Fsp3) is 0.308. The van der Waals surface area contributed by atoms with Gasteiger partial charge in [-0.15, -0.1) is 0 Å². The fourth-order valence-electron chi connectivity index (χ4n) is 2.43. The Balaban J connectivity index is 2.30. The van der Waals surface area contributed by atoms with Crippen molar-refractivity contribution in [3.63, 3.8) is 0 Å². The van der Waals surface area contributed by atoms with Crippen LogP contribution in [0.3, 0.4) is 0 Å². The lowest BCUT2D eigenvalue weighted by Crippen LogP contribution is -2.33. The van der Waals surface area contributed by atoms with Gasteiger partial charge in [-0.2, -0.15) is 0 Å². The van der Waals surface area contributed by atoms with E-state index in [-0.39, 0.29) is 5.91 Å². The molecule has 0 unspecified atom stereocenters. The summed E-state index contributed by atoms with van der Waals surface area (Å²) in [6.07, 6.45) is 0.894. The molecule has 1 aromatic heterocycles. The highest BCUT2D eigenvalue weighted by atomic mass is 16.5. The summed E-state index contributed by atoms with van der Waals surface area (Å²) in [5.41, 5.74) is 2.74. The first-order valence-corrected chi connectivity index (χ1v) is 5.65. The monoisotopic (exact) mass is 230 g/mol. The van der Waals surface area contributed by atoms with Gasteiger partial charge in [0.1, 0.15) is 11.4 Å². The molecule has 0 atom stereocenters. The standard InChI is InChI=1S/C13H14N2O2/c1-15-7-6-9-8-4-3-5-10(17-2)11(8)14-12(9)13(15)16/h3-5,14H,6-7H2,1-2H3. The summed E-state index contributed by atoms with van der Waals surface area (Å²) in [5.74, 6) is 0.844. The highest BCUT2D eigenvalue weighted by Crippen LogP contribution is 2.32. The Morgan fingerprint density at radius 1 is 1.41 bits per heavy atom. The van der Waals surface area contributed by atoms with Gasteiger partial charge in [-0.05, 0) is 18.1 Å². The van der Waals surface area contributed by atoms with Crippen molar-refractivity contribution in [1.29, 1.82) is 0 Å². The Morgan fingerprint density at radius 3 is 3.00 bits per heavy atom. The van der Waals surface area contributed by atoms with Crippen molar-refractivity contribution in [2.24, 2.45) is 0 Å². The number of hydrogen-bond donors (Lipinski definition) is 1. The smallest absolute Gasteiger partial charge is 0.270 e. The maximum absolute atomic E-state index is 12.0. The summed E-state index contributed by atoms with van der Waals surface area (Å²) in [4.78, 5) is 17.0. The molecule has 3 rings (SSSR count). The van der Waals surface area contributed by atoms with Crippen molar-refractivity contribution in [1.82, 2.24) is 9.88 Å². The van der Waals surface area contributed by atoms with Crippen LogP contribution < -0.4 is 4.74 Å². The van der Waals surface area contributed by atoms with Crippen molar-refractivity contribution in [3.8, 4) is 5.75 Å². The number of hydrogen-bond acceptors (Lipinski definition) is 2. The van der Waals surface area contributed by atoms with Gasteiger partial charge in [-0.3, -0.25) is 4.79 Å². The molecule has 4 heteroatoms. The van der Waals surface area contributed by atoms with E-state index < -0.39 is 0 Å². The third-order valence-corrected chi connectivity index (χ3v) is 3.38. The van der Waals surface area contributed by atoms with Crippen LogP contribution in [-0.4, -0.2) is 36.5 Å². The average Bonchev–Trinajstić information content (AvgIpc) is 2.73. The van der Waals surface area contributed by atoms with E-state index in [2.05, 4.69) is 4.98 Å². The van der Waals surface area contributed by atoms with Crippen LogP contribution in [0.1, 0.15) is 16.1 Å². The second-order valence-corrected chi connectivity index (χ2v) is 4.34. The molecule has 0 bridgehead atoms. The van der Waals surface area contributed by atoms with Crippen LogP contribution in [0.4, 0.5) is 0 Å². The first-order chi connectivity index (χ1) is 8.22. The van der Waals surface area contributed by atoms with E-state index in [0.717, 1.165) is 35.2 Å². The van der Waals surface area contributed by atoms with Gasteiger partial charge in [0.15, 0.2) is 0 Å². The molecule has 1 amide bonds. The Bertz CT molecular complexity index is 601. The third-order valence-electron chi connectivity index (χ3n) is 3.38. The van der Waals surface area contributed by atoms with Gasteiger partial charge < -0.3 is 14.6 Å². The highest BCUT2D eigenvalue weighted by Gasteiger charge is 2.26. The van der Waals surface area contributed by atoms with E-state index in [1.165, 1.54) is 0 Å². The van der Waals surface area contributed by atoms with Gasteiger partial charge in [0.2, 0.25) is 0 Å². The number of nitrogens with one attached hydrogen (secondary N) is 1. The third kappa shape index (κ3) is 1.33. The molecule has 2 heterocycles. The maximum Gasteiger partial charge on any atom is 0.270 e. The first-order valence-electron chi connectivity index (χ1n) is 5.65. The minimum Gasteiger partial charge on any atom is -0.495 e. The molecule has 88 valence electrons. The van der Waals surface area contributed by atoms with Crippen LogP contribution in [0.5, 0.6) is 5.75 Å². The second kappa shape index (κ2) is 3.52. The molecule has 4 nitrogen and oxygen atoms in total. The molecular formula is C13H14N2O2. The largest absolute Gasteiger partial charge is 0.495 e. The van der Waals surface area contributed by atoms with Gasteiger partial charge in [0, 0.05) is 19.0 Å².